The Morgan fingerprint density at radius 2 is 1.56 bits per heavy atom. The zero-order valence-electron chi connectivity index (χ0n) is 17.0. The van der Waals surface area contributed by atoms with Crippen molar-refractivity contribution in [2.24, 2.45) is 5.92 Å². The number of hydrogen-bond acceptors (Lipinski definition) is 4. The van der Waals surface area contributed by atoms with Gasteiger partial charge >= 0.3 is 18.2 Å². The smallest absolute Gasteiger partial charge is 0.407 e. The molecule has 0 saturated carbocycles. The highest BCUT2D eigenvalue weighted by Crippen LogP contribution is 2.44. The second kappa shape index (κ2) is 9.29. The molecule has 170 valence electrons. The number of benzene rings is 2. The van der Waals surface area contributed by atoms with E-state index in [9.17, 15) is 27.6 Å². The highest BCUT2D eigenvalue weighted by molar-refractivity contribution is 5.86. The van der Waals surface area contributed by atoms with Gasteiger partial charge in [-0.2, -0.15) is 13.2 Å². The van der Waals surface area contributed by atoms with Crippen molar-refractivity contribution in [2.75, 3.05) is 13.2 Å². The number of carboxylic acids is 1. The minimum absolute atomic E-state index is 0.00333. The molecule has 0 saturated heterocycles. The first kappa shape index (κ1) is 23.1. The fourth-order valence-electron chi connectivity index (χ4n) is 3.58. The van der Waals surface area contributed by atoms with Gasteiger partial charge in [-0.15, -0.1) is 0 Å². The second-order valence-corrected chi connectivity index (χ2v) is 7.37. The van der Waals surface area contributed by atoms with Gasteiger partial charge in [0.25, 0.3) is 0 Å². The topological polar surface area (TPSA) is 105 Å². The van der Waals surface area contributed by atoms with Crippen LogP contribution in [-0.2, 0) is 14.3 Å². The highest BCUT2D eigenvalue weighted by Gasteiger charge is 2.45. The number of alkyl halides is 3. The van der Waals surface area contributed by atoms with Crippen molar-refractivity contribution in [3.8, 4) is 11.1 Å². The summed E-state index contributed by atoms with van der Waals surface area (Å²) in [6.07, 6.45) is -5.93. The van der Waals surface area contributed by atoms with E-state index in [4.69, 9.17) is 9.84 Å². The summed E-state index contributed by atoms with van der Waals surface area (Å²) in [6.45, 7) is 0.109. The van der Waals surface area contributed by atoms with Crippen LogP contribution in [0.2, 0.25) is 0 Å². The number of aliphatic carboxylic acids is 1. The van der Waals surface area contributed by atoms with Crippen LogP contribution in [0.15, 0.2) is 48.5 Å². The Morgan fingerprint density at radius 1 is 1.03 bits per heavy atom. The van der Waals surface area contributed by atoms with Gasteiger partial charge in [-0.3, -0.25) is 9.59 Å². The Morgan fingerprint density at radius 3 is 2.06 bits per heavy atom. The maximum absolute atomic E-state index is 12.7. The number of amides is 2. The average molecular weight is 450 g/mol. The van der Waals surface area contributed by atoms with Crippen LogP contribution in [0.3, 0.4) is 0 Å². The Balaban J connectivity index is 1.55. The Labute approximate surface area is 181 Å². The summed E-state index contributed by atoms with van der Waals surface area (Å²) >= 11 is 0. The van der Waals surface area contributed by atoms with Crippen LogP contribution < -0.4 is 10.6 Å². The number of halogens is 3. The number of carbonyl (C=O) groups is 3. The number of fused-ring (bicyclic) bond motifs is 3. The summed E-state index contributed by atoms with van der Waals surface area (Å²) in [6, 6.07) is 14.2. The number of alkyl carbamates (subject to hydrolysis) is 1. The molecular weight excluding hydrogens is 429 g/mol. The lowest BCUT2D eigenvalue weighted by atomic mass is 9.98. The Hall–Kier alpha value is -3.56. The van der Waals surface area contributed by atoms with E-state index in [1.807, 2.05) is 53.8 Å². The van der Waals surface area contributed by atoms with Gasteiger partial charge in [0.05, 0.1) is 0 Å². The molecule has 3 N–H and O–H groups in total. The van der Waals surface area contributed by atoms with E-state index in [-0.39, 0.29) is 12.5 Å². The van der Waals surface area contributed by atoms with Gasteiger partial charge in [0.2, 0.25) is 5.91 Å². The maximum Gasteiger partial charge on any atom is 0.407 e. The van der Waals surface area contributed by atoms with Crippen molar-refractivity contribution >= 4 is 18.0 Å². The van der Waals surface area contributed by atoms with E-state index in [0.29, 0.717) is 0 Å². The molecule has 0 aliphatic heterocycles. The van der Waals surface area contributed by atoms with Crippen LogP contribution in [0.4, 0.5) is 18.0 Å². The number of nitrogens with one attached hydrogen (secondary N) is 2. The van der Waals surface area contributed by atoms with Crippen molar-refractivity contribution in [2.45, 2.75) is 25.1 Å². The molecule has 2 aromatic rings. The third-order valence-electron chi connectivity index (χ3n) is 5.24. The number of rotatable bonds is 7. The third kappa shape index (κ3) is 5.01. The molecule has 2 amide bonds. The van der Waals surface area contributed by atoms with Crippen LogP contribution >= 0.6 is 0 Å². The lowest BCUT2D eigenvalue weighted by Gasteiger charge is -2.19. The monoisotopic (exact) mass is 450 g/mol. The predicted octanol–water partition coefficient (Wildman–Crippen LogP) is 3.29. The zero-order chi connectivity index (χ0) is 23.5. The Bertz CT molecular complexity index is 979. The van der Waals surface area contributed by atoms with Gasteiger partial charge in [0, 0.05) is 12.5 Å². The molecule has 1 aliphatic rings. The largest absolute Gasteiger partial charge is 0.481 e. The first-order valence-electron chi connectivity index (χ1n) is 9.78. The molecule has 3 rings (SSSR count). The van der Waals surface area contributed by atoms with E-state index in [0.717, 1.165) is 22.3 Å². The normalized spacial score (nSPS) is 14.6. The van der Waals surface area contributed by atoms with Gasteiger partial charge in [-0.25, -0.2) is 4.79 Å². The van der Waals surface area contributed by atoms with Crippen LogP contribution in [-0.4, -0.2) is 48.4 Å². The molecule has 1 aliphatic carbocycles. The molecule has 2 aromatic carbocycles. The quantitative estimate of drug-likeness (QED) is 0.601. The van der Waals surface area contributed by atoms with Gasteiger partial charge < -0.3 is 20.5 Å². The molecule has 1 unspecified atom stereocenters. The number of carbonyl (C=O) groups excluding carboxylic acids is 2. The van der Waals surface area contributed by atoms with Crippen LogP contribution in [0.5, 0.6) is 0 Å². The van der Waals surface area contributed by atoms with Crippen molar-refractivity contribution in [1.82, 2.24) is 10.6 Å². The van der Waals surface area contributed by atoms with Crippen LogP contribution in [0.25, 0.3) is 11.1 Å². The van der Waals surface area contributed by atoms with Crippen LogP contribution in [0, 0.1) is 5.92 Å². The highest BCUT2D eigenvalue weighted by atomic mass is 19.4. The first-order chi connectivity index (χ1) is 15.1. The van der Waals surface area contributed by atoms with Gasteiger partial charge in [0.15, 0.2) is 5.92 Å². The standard InChI is InChI=1S/C22H21F3N2O5/c1-12(19(28)26-10-18(20(29)30)22(23,24)25)27-21(31)32-11-17-15-8-4-2-6-13(15)14-7-3-5-9-16(14)17/h2-9,12,17-18H,10-11H2,1H3,(H,26,28)(H,27,31)(H,29,30)/t12-,18?/m0/s1. The Kier molecular flexibility index (Phi) is 6.71. The van der Waals surface area contributed by atoms with E-state index < -0.39 is 42.7 Å². The van der Waals surface area contributed by atoms with E-state index in [2.05, 4.69) is 5.32 Å². The summed E-state index contributed by atoms with van der Waals surface area (Å²) < 4.78 is 43.3. The molecule has 10 heteroatoms. The molecule has 0 bridgehead atoms. The molecule has 7 nitrogen and oxygen atoms in total. The molecule has 0 fully saturated rings. The van der Waals surface area contributed by atoms with E-state index in [1.54, 1.807) is 0 Å². The maximum atomic E-state index is 12.7. The molecule has 0 aromatic heterocycles. The van der Waals surface area contributed by atoms with Crippen LogP contribution in [0.1, 0.15) is 24.0 Å². The van der Waals surface area contributed by atoms with E-state index >= 15 is 0 Å². The lowest BCUT2D eigenvalue weighted by Crippen LogP contribution is -2.48. The predicted molar refractivity (Wildman–Crippen MR) is 108 cm³/mol. The summed E-state index contributed by atoms with van der Waals surface area (Å²) in [5, 5.41) is 12.8. The number of ether oxygens (including phenoxy) is 1. The van der Waals surface area contributed by atoms with Gasteiger partial charge in [-0.05, 0) is 29.2 Å². The summed E-state index contributed by atoms with van der Waals surface area (Å²) in [5.74, 6) is -6.00. The number of hydrogen-bond donors (Lipinski definition) is 3. The van der Waals surface area contributed by atoms with Crippen molar-refractivity contribution in [1.29, 1.82) is 0 Å². The molecule has 0 spiro atoms. The number of carboxylic acid groups (broad SMARTS) is 1. The fourth-order valence-corrected chi connectivity index (χ4v) is 3.58. The molecule has 2 atom stereocenters. The van der Waals surface area contributed by atoms with Crippen molar-refractivity contribution in [3.05, 3.63) is 59.7 Å². The summed E-state index contributed by atoms with van der Waals surface area (Å²) in [7, 11) is 0. The summed E-state index contributed by atoms with van der Waals surface area (Å²) in [4.78, 5) is 34.9. The van der Waals surface area contributed by atoms with Gasteiger partial charge in [0.1, 0.15) is 12.6 Å². The SMILES string of the molecule is C[C@H](NC(=O)OCC1c2ccccc2-c2ccccc21)C(=O)NCC(C(=O)O)C(F)(F)F. The zero-order valence-corrected chi connectivity index (χ0v) is 17.0. The molecular formula is C22H21F3N2O5. The minimum Gasteiger partial charge on any atom is -0.481 e. The van der Waals surface area contributed by atoms with Crippen molar-refractivity contribution in [3.63, 3.8) is 0 Å². The second-order valence-electron chi connectivity index (χ2n) is 7.37. The minimum atomic E-state index is -5.01. The first-order valence-corrected chi connectivity index (χ1v) is 9.78. The van der Waals surface area contributed by atoms with Gasteiger partial charge in [-0.1, -0.05) is 48.5 Å². The molecule has 32 heavy (non-hydrogen) atoms. The van der Waals surface area contributed by atoms with Crippen molar-refractivity contribution < 1.29 is 37.4 Å². The molecule has 0 heterocycles. The fraction of sp³-hybridized carbons (Fsp3) is 0.318. The average Bonchev–Trinajstić information content (AvgIpc) is 3.05. The third-order valence-corrected chi connectivity index (χ3v) is 5.24. The molecule has 0 radical (unpaired) electrons. The summed E-state index contributed by atoms with van der Waals surface area (Å²) in [5.41, 5.74) is 4.09. The lowest BCUT2D eigenvalue weighted by molar-refractivity contribution is -0.192. The van der Waals surface area contributed by atoms with E-state index in [1.165, 1.54) is 6.92 Å².